The van der Waals surface area contributed by atoms with E-state index in [4.69, 9.17) is 4.74 Å². The highest BCUT2D eigenvalue weighted by Crippen LogP contribution is 2.33. The van der Waals surface area contributed by atoms with Crippen molar-refractivity contribution in [3.8, 4) is 5.88 Å². The van der Waals surface area contributed by atoms with E-state index in [0.29, 0.717) is 0 Å². The zero-order valence-electron chi connectivity index (χ0n) is 14.0. The minimum Gasteiger partial charge on any atom is -0.474 e. The maximum absolute atomic E-state index is 12.9. The number of ether oxygens (including phenoxy) is 1. The van der Waals surface area contributed by atoms with Gasteiger partial charge in [-0.3, -0.25) is 29.4 Å². The second-order valence-electron chi connectivity index (χ2n) is 6.55. The molecule has 1 aromatic heterocycles. The van der Waals surface area contributed by atoms with Crippen molar-refractivity contribution in [3.63, 3.8) is 0 Å². The Bertz CT molecular complexity index is 802. The van der Waals surface area contributed by atoms with E-state index in [2.05, 4.69) is 15.6 Å². The second kappa shape index (κ2) is 6.49. The fraction of sp³-hybridized carbons (Fsp3) is 0.471. The number of imide groups is 2. The van der Waals surface area contributed by atoms with Gasteiger partial charge >= 0.3 is 0 Å². The van der Waals surface area contributed by atoms with Crippen molar-refractivity contribution in [1.82, 2.24) is 20.5 Å². The summed E-state index contributed by atoms with van der Waals surface area (Å²) in [5, 5.41) is 5.40. The third-order valence-corrected chi connectivity index (χ3v) is 4.88. The molecule has 0 aromatic carbocycles. The molecule has 1 unspecified atom stereocenters. The summed E-state index contributed by atoms with van der Waals surface area (Å²) in [6, 6.07) is 0.461. The number of aromatic nitrogens is 1. The number of pyridine rings is 1. The van der Waals surface area contributed by atoms with Gasteiger partial charge < -0.3 is 10.1 Å². The fourth-order valence-corrected chi connectivity index (χ4v) is 3.54. The van der Waals surface area contributed by atoms with E-state index in [1.54, 1.807) is 0 Å². The highest BCUT2D eigenvalue weighted by molar-refractivity contribution is 6.24. The van der Waals surface area contributed by atoms with Crippen molar-refractivity contribution in [3.05, 3.63) is 23.4 Å². The second-order valence-corrected chi connectivity index (χ2v) is 6.55. The summed E-state index contributed by atoms with van der Waals surface area (Å²) >= 11 is 0. The van der Waals surface area contributed by atoms with Gasteiger partial charge in [-0.2, -0.15) is 0 Å². The van der Waals surface area contributed by atoms with Crippen molar-refractivity contribution < 1.29 is 23.9 Å². The zero-order valence-corrected chi connectivity index (χ0v) is 14.0. The molecule has 0 bridgehead atoms. The molecular weight excluding hydrogens is 340 g/mol. The average molecular weight is 358 g/mol. The molecule has 0 radical (unpaired) electrons. The van der Waals surface area contributed by atoms with Crippen LogP contribution in [0.1, 0.15) is 46.4 Å². The Morgan fingerprint density at radius 2 is 1.85 bits per heavy atom. The Kier molecular flexibility index (Phi) is 4.15. The number of carbonyl (C=O) groups is 4. The van der Waals surface area contributed by atoms with E-state index in [1.165, 1.54) is 12.3 Å². The standard InChI is InChI=1S/C17H18N4O5/c22-12-2-1-11(14(23)20-12)21-16(24)10-5-8-19-15(13(10)17(21)25)26-9-3-6-18-7-4-9/h5,8-9,11,18H,1-4,6-7H2,(H,20,22,23). The van der Waals surface area contributed by atoms with Crippen molar-refractivity contribution in [2.75, 3.05) is 13.1 Å². The van der Waals surface area contributed by atoms with Crippen molar-refractivity contribution in [2.24, 2.45) is 0 Å². The predicted octanol–water partition coefficient (Wildman–Crippen LogP) is -0.386. The molecule has 4 amide bonds. The van der Waals surface area contributed by atoms with Crippen LogP contribution in [0.15, 0.2) is 12.3 Å². The first-order valence-corrected chi connectivity index (χ1v) is 8.64. The summed E-state index contributed by atoms with van der Waals surface area (Å²) in [7, 11) is 0. The normalized spacial score (nSPS) is 23.8. The van der Waals surface area contributed by atoms with Gasteiger partial charge in [0.15, 0.2) is 0 Å². The first-order valence-electron chi connectivity index (χ1n) is 8.64. The van der Waals surface area contributed by atoms with E-state index >= 15 is 0 Å². The number of carbonyl (C=O) groups excluding carboxylic acids is 4. The summed E-state index contributed by atoms with van der Waals surface area (Å²) in [4.78, 5) is 54.1. The molecule has 3 aliphatic heterocycles. The molecule has 2 saturated heterocycles. The number of rotatable bonds is 3. The van der Waals surface area contributed by atoms with Crippen molar-refractivity contribution >= 4 is 23.6 Å². The molecule has 0 aliphatic carbocycles. The summed E-state index contributed by atoms with van der Waals surface area (Å²) in [5.41, 5.74) is 0.277. The number of hydrogen-bond donors (Lipinski definition) is 2. The summed E-state index contributed by atoms with van der Waals surface area (Å²) in [6.07, 6.45) is 3.11. The minimum absolute atomic E-state index is 0.0807. The van der Waals surface area contributed by atoms with Gasteiger partial charge in [-0.05, 0) is 38.4 Å². The van der Waals surface area contributed by atoms with E-state index in [1.807, 2.05) is 0 Å². The molecule has 0 spiro atoms. The molecule has 2 N–H and O–H groups in total. The highest BCUT2D eigenvalue weighted by atomic mass is 16.5. The highest BCUT2D eigenvalue weighted by Gasteiger charge is 2.46. The fourth-order valence-electron chi connectivity index (χ4n) is 3.54. The van der Waals surface area contributed by atoms with Crippen LogP contribution in [0.25, 0.3) is 0 Å². The lowest BCUT2D eigenvalue weighted by Crippen LogP contribution is -2.54. The zero-order chi connectivity index (χ0) is 18.3. The van der Waals surface area contributed by atoms with Crippen LogP contribution in [0, 0.1) is 0 Å². The topological polar surface area (TPSA) is 118 Å². The lowest BCUT2D eigenvalue weighted by molar-refractivity contribution is -0.136. The van der Waals surface area contributed by atoms with Crippen LogP contribution in [-0.2, 0) is 9.59 Å². The van der Waals surface area contributed by atoms with Gasteiger partial charge in [-0.1, -0.05) is 0 Å². The monoisotopic (exact) mass is 358 g/mol. The minimum atomic E-state index is -0.994. The van der Waals surface area contributed by atoms with Crippen LogP contribution in [0.2, 0.25) is 0 Å². The van der Waals surface area contributed by atoms with Gasteiger partial charge in [-0.15, -0.1) is 0 Å². The Hall–Kier alpha value is -2.81. The van der Waals surface area contributed by atoms with Crippen molar-refractivity contribution in [1.29, 1.82) is 0 Å². The maximum atomic E-state index is 12.9. The van der Waals surface area contributed by atoms with E-state index in [0.717, 1.165) is 30.8 Å². The Labute approximate surface area is 149 Å². The largest absolute Gasteiger partial charge is 0.474 e. The smallest absolute Gasteiger partial charge is 0.267 e. The Morgan fingerprint density at radius 1 is 1.08 bits per heavy atom. The SMILES string of the molecule is O=C1CCC(N2C(=O)c3ccnc(OC4CCNCC4)c3C2=O)C(=O)N1. The summed E-state index contributed by atoms with van der Waals surface area (Å²) < 4.78 is 5.89. The number of hydrogen-bond acceptors (Lipinski definition) is 7. The van der Waals surface area contributed by atoms with Gasteiger partial charge in [0.2, 0.25) is 17.7 Å². The molecule has 9 heteroatoms. The van der Waals surface area contributed by atoms with E-state index in [-0.39, 0.29) is 36.0 Å². The molecule has 1 aromatic rings. The van der Waals surface area contributed by atoms with Gasteiger partial charge in [0.05, 0.1) is 5.56 Å². The Balaban J connectivity index is 1.62. The number of amides is 4. The number of fused-ring (bicyclic) bond motifs is 1. The number of nitrogens with one attached hydrogen (secondary N) is 2. The summed E-state index contributed by atoms with van der Waals surface area (Å²) in [6.45, 7) is 1.63. The van der Waals surface area contributed by atoms with Crippen LogP contribution in [0.3, 0.4) is 0 Å². The van der Waals surface area contributed by atoms with Gasteiger partial charge in [-0.25, -0.2) is 4.98 Å². The first kappa shape index (κ1) is 16.6. The molecule has 0 saturated carbocycles. The van der Waals surface area contributed by atoms with Gasteiger partial charge in [0, 0.05) is 12.6 Å². The van der Waals surface area contributed by atoms with Crippen LogP contribution < -0.4 is 15.4 Å². The average Bonchev–Trinajstić information content (AvgIpc) is 2.88. The lowest BCUT2D eigenvalue weighted by Gasteiger charge is -2.28. The predicted molar refractivity (Wildman–Crippen MR) is 87.4 cm³/mol. The maximum Gasteiger partial charge on any atom is 0.267 e. The third-order valence-electron chi connectivity index (χ3n) is 4.88. The van der Waals surface area contributed by atoms with Crippen LogP contribution in [0.5, 0.6) is 5.88 Å². The molecule has 9 nitrogen and oxygen atoms in total. The molecule has 4 rings (SSSR count). The first-order chi connectivity index (χ1) is 12.6. The van der Waals surface area contributed by atoms with Gasteiger partial charge in [0.25, 0.3) is 11.8 Å². The molecule has 3 aliphatic rings. The molecule has 26 heavy (non-hydrogen) atoms. The van der Waals surface area contributed by atoms with E-state index < -0.39 is 29.7 Å². The third kappa shape index (κ3) is 2.74. The van der Waals surface area contributed by atoms with Crippen molar-refractivity contribution in [2.45, 2.75) is 37.8 Å². The quantitative estimate of drug-likeness (QED) is 0.707. The number of nitrogens with zero attached hydrogens (tertiary/aromatic N) is 2. The van der Waals surface area contributed by atoms with Crippen LogP contribution in [-0.4, -0.2) is 58.7 Å². The van der Waals surface area contributed by atoms with Gasteiger partial charge in [0.1, 0.15) is 17.7 Å². The molecule has 2 fully saturated rings. The Morgan fingerprint density at radius 3 is 2.58 bits per heavy atom. The van der Waals surface area contributed by atoms with Crippen LogP contribution >= 0.6 is 0 Å². The molecule has 136 valence electrons. The molecule has 1 atom stereocenters. The number of piperidine rings is 2. The molecular formula is C17H18N4O5. The lowest BCUT2D eigenvalue weighted by atomic mass is 10.0. The van der Waals surface area contributed by atoms with Crippen LogP contribution in [0.4, 0.5) is 0 Å². The molecule has 4 heterocycles. The summed E-state index contributed by atoms with van der Waals surface area (Å²) in [5.74, 6) is -2.07. The van der Waals surface area contributed by atoms with E-state index in [9.17, 15) is 19.2 Å².